The van der Waals surface area contributed by atoms with Crippen LogP contribution in [0.2, 0.25) is 0 Å². The molecule has 0 unspecified atom stereocenters. The molecule has 25 heavy (non-hydrogen) atoms. The number of carbonyl (C=O) groups excluding carboxylic acids is 1. The van der Waals surface area contributed by atoms with Crippen molar-refractivity contribution in [2.45, 2.75) is 17.5 Å². The molecule has 1 aliphatic rings. The van der Waals surface area contributed by atoms with Crippen molar-refractivity contribution in [1.29, 1.82) is 0 Å². The van der Waals surface area contributed by atoms with Gasteiger partial charge in [-0.25, -0.2) is 12.7 Å². The van der Waals surface area contributed by atoms with E-state index in [1.165, 1.54) is 12.1 Å². The van der Waals surface area contributed by atoms with Gasteiger partial charge in [0, 0.05) is 11.7 Å². The Labute approximate surface area is 145 Å². The third-order valence-corrected chi connectivity index (χ3v) is 6.18. The van der Waals surface area contributed by atoms with Crippen LogP contribution < -0.4 is 0 Å². The lowest BCUT2D eigenvalue weighted by atomic mass is 10.2. The Kier molecular flexibility index (Phi) is 3.63. The van der Waals surface area contributed by atoms with Gasteiger partial charge in [0.05, 0.1) is 24.8 Å². The van der Waals surface area contributed by atoms with E-state index in [0.29, 0.717) is 0 Å². The zero-order chi connectivity index (χ0) is 17.6. The highest BCUT2D eigenvalue weighted by molar-refractivity contribution is 7.90. The SMILES string of the molecule is O=C1c2ccccc2S(=O)(=O)N1C[C@@H](O)Cn1ccc2ccccc21. The van der Waals surface area contributed by atoms with Crippen LogP contribution in [0.25, 0.3) is 10.9 Å². The topological polar surface area (TPSA) is 79.6 Å². The predicted molar refractivity (Wildman–Crippen MR) is 92.6 cm³/mol. The predicted octanol–water partition coefficient (Wildman–Crippen LogP) is 1.85. The van der Waals surface area contributed by atoms with Crippen molar-refractivity contribution in [3.8, 4) is 0 Å². The minimum absolute atomic E-state index is 0.00128. The molecule has 1 amide bonds. The molecule has 1 aromatic heterocycles. The molecular formula is C18H16N2O4S. The number of sulfonamides is 1. The Balaban J connectivity index is 1.57. The summed E-state index contributed by atoms with van der Waals surface area (Å²) in [6.07, 6.45) is 0.826. The number of aliphatic hydroxyl groups excluding tert-OH is 1. The van der Waals surface area contributed by atoms with Gasteiger partial charge in [-0.1, -0.05) is 30.3 Å². The summed E-state index contributed by atoms with van der Waals surface area (Å²) in [6, 6.07) is 15.7. The second-order valence-corrected chi connectivity index (χ2v) is 7.85. The summed E-state index contributed by atoms with van der Waals surface area (Å²) in [5.41, 5.74) is 1.10. The molecule has 0 bridgehead atoms. The summed E-state index contributed by atoms with van der Waals surface area (Å²) >= 11 is 0. The average Bonchev–Trinajstić information content (AvgIpc) is 3.09. The molecule has 1 N–H and O–H groups in total. The van der Waals surface area contributed by atoms with Crippen LogP contribution in [0, 0.1) is 0 Å². The van der Waals surface area contributed by atoms with Crippen molar-refractivity contribution >= 4 is 26.8 Å². The summed E-state index contributed by atoms with van der Waals surface area (Å²) in [6.45, 7) is -0.0779. The van der Waals surface area contributed by atoms with Gasteiger partial charge >= 0.3 is 0 Å². The zero-order valence-corrected chi connectivity index (χ0v) is 14.1. The molecular weight excluding hydrogens is 340 g/mol. The van der Waals surface area contributed by atoms with Crippen molar-refractivity contribution in [2.24, 2.45) is 0 Å². The van der Waals surface area contributed by atoms with E-state index in [4.69, 9.17) is 0 Å². The number of rotatable bonds is 4. The van der Waals surface area contributed by atoms with Gasteiger partial charge in [0.25, 0.3) is 15.9 Å². The fourth-order valence-electron chi connectivity index (χ4n) is 3.19. The molecule has 1 aliphatic heterocycles. The van der Waals surface area contributed by atoms with Crippen LogP contribution in [0.15, 0.2) is 65.7 Å². The first kappa shape index (κ1) is 15.9. The van der Waals surface area contributed by atoms with Crippen LogP contribution in [-0.4, -0.2) is 41.0 Å². The number of amides is 1. The summed E-state index contributed by atoms with van der Waals surface area (Å²) < 4.78 is 27.7. The van der Waals surface area contributed by atoms with Gasteiger partial charge in [0.1, 0.15) is 4.90 Å². The van der Waals surface area contributed by atoms with Crippen molar-refractivity contribution in [3.05, 3.63) is 66.4 Å². The maximum atomic E-state index is 12.5. The lowest BCUT2D eigenvalue weighted by Gasteiger charge is -2.20. The van der Waals surface area contributed by atoms with Gasteiger partial charge in [0.2, 0.25) is 0 Å². The summed E-state index contributed by atoms with van der Waals surface area (Å²) in [5.74, 6) is -0.591. The monoisotopic (exact) mass is 356 g/mol. The number of para-hydroxylation sites is 1. The van der Waals surface area contributed by atoms with E-state index in [1.807, 2.05) is 41.1 Å². The molecule has 3 aromatic rings. The first-order chi connectivity index (χ1) is 12.0. The van der Waals surface area contributed by atoms with Crippen LogP contribution in [-0.2, 0) is 16.6 Å². The smallest absolute Gasteiger partial charge is 0.269 e. The molecule has 0 saturated heterocycles. The van der Waals surface area contributed by atoms with Gasteiger partial charge in [-0.15, -0.1) is 0 Å². The number of aromatic nitrogens is 1. The first-order valence-corrected chi connectivity index (χ1v) is 9.30. The Bertz CT molecular complexity index is 1070. The number of hydrogen-bond acceptors (Lipinski definition) is 4. The van der Waals surface area contributed by atoms with Gasteiger partial charge in [0.15, 0.2) is 0 Å². The molecule has 0 saturated carbocycles. The lowest BCUT2D eigenvalue weighted by Crippen LogP contribution is -2.38. The van der Waals surface area contributed by atoms with Gasteiger partial charge < -0.3 is 9.67 Å². The van der Waals surface area contributed by atoms with Crippen molar-refractivity contribution in [2.75, 3.05) is 6.54 Å². The van der Waals surface area contributed by atoms with Crippen molar-refractivity contribution < 1.29 is 18.3 Å². The van der Waals surface area contributed by atoms with E-state index in [9.17, 15) is 18.3 Å². The van der Waals surface area contributed by atoms with Gasteiger partial charge in [-0.05, 0) is 29.7 Å². The third-order valence-electron chi connectivity index (χ3n) is 4.38. The second-order valence-electron chi connectivity index (χ2n) is 6.02. The third kappa shape index (κ3) is 2.52. The number of benzene rings is 2. The Morgan fingerprint density at radius 3 is 2.48 bits per heavy atom. The van der Waals surface area contributed by atoms with Gasteiger partial charge in [-0.2, -0.15) is 0 Å². The molecule has 2 aromatic carbocycles. The number of aliphatic hydroxyl groups is 1. The molecule has 0 aliphatic carbocycles. The number of hydrogen-bond donors (Lipinski definition) is 1. The molecule has 4 rings (SSSR count). The molecule has 0 radical (unpaired) electrons. The minimum Gasteiger partial charge on any atom is -0.389 e. The summed E-state index contributed by atoms with van der Waals surface area (Å²) in [5, 5.41) is 11.4. The highest BCUT2D eigenvalue weighted by Gasteiger charge is 2.41. The highest BCUT2D eigenvalue weighted by atomic mass is 32.2. The van der Waals surface area contributed by atoms with Crippen LogP contribution in [0.1, 0.15) is 10.4 Å². The first-order valence-electron chi connectivity index (χ1n) is 7.86. The largest absolute Gasteiger partial charge is 0.389 e. The van der Waals surface area contributed by atoms with Crippen molar-refractivity contribution in [3.63, 3.8) is 0 Å². The normalized spacial score (nSPS) is 17.0. The maximum Gasteiger partial charge on any atom is 0.269 e. The van der Waals surface area contributed by atoms with Crippen molar-refractivity contribution in [1.82, 2.24) is 8.87 Å². The van der Waals surface area contributed by atoms with E-state index in [1.54, 1.807) is 12.1 Å². The fraction of sp³-hybridized carbons (Fsp3) is 0.167. The van der Waals surface area contributed by atoms with Gasteiger partial charge in [-0.3, -0.25) is 4.79 Å². The van der Waals surface area contributed by atoms with Crippen LogP contribution in [0.4, 0.5) is 0 Å². The molecule has 128 valence electrons. The maximum absolute atomic E-state index is 12.5. The fourth-order valence-corrected chi connectivity index (χ4v) is 4.79. The van der Waals surface area contributed by atoms with Crippen LogP contribution in [0.5, 0.6) is 0 Å². The zero-order valence-electron chi connectivity index (χ0n) is 13.2. The standard InChI is InChI=1S/C18H16N2O4S/c21-14(11-19-10-9-13-5-1-3-7-16(13)19)12-20-18(22)15-6-2-4-8-17(15)25(20,23)24/h1-10,14,21H,11-12H2/t14-/m0/s1. The summed E-state index contributed by atoms with van der Waals surface area (Å²) in [7, 11) is -3.90. The van der Waals surface area contributed by atoms with E-state index in [0.717, 1.165) is 15.2 Å². The highest BCUT2D eigenvalue weighted by Crippen LogP contribution is 2.30. The quantitative estimate of drug-likeness (QED) is 0.774. The van der Waals surface area contributed by atoms with E-state index < -0.39 is 22.0 Å². The Morgan fingerprint density at radius 2 is 1.68 bits per heavy atom. The van der Waals surface area contributed by atoms with Crippen LogP contribution >= 0.6 is 0 Å². The molecule has 2 heterocycles. The molecule has 1 atom stereocenters. The second kappa shape index (κ2) is 5.72. The number of nitrogens with zero attached hydrogens (tertiary/aromatic N) is 2. The Hall–Kier alpha value is -2.64. The van der Waals surface area contributed by atoms with E-state index >= 15 is 0 Å². The Morgan fingerprint density at radius 1 is 0.960 bits per heavy atom. The van der Waals surface area contributed by atoms with E-state index in [-0.39, 0.29) is 23.5 Å². The van der Waals surface area contributed by atoms with E-state index in [2.05, 4.69) is 0 Å². The molecule has 6 nitrogen and oxygen atoms in total. The average molecular weight is 356 g/mol. The molecule has 7 heteroatoms. The molecule has 0 spiro atoms. The minimum atomic E-state index is -3.90. The number of β-amino-alcohol motifs (C(OH)–C–C–N with tert-alkyl or cyclic N) is 1. The molecule has 0 fully saturated rings. The lowest BCUT2D eigenvalue weighted by molar-refractivity contribution is 0.0773. The number of carbonyl (C=O) groups is 1. The summed E-state index contributed by atoms with van der Waals surface area (Å²) in [4.78, 5) is 12.4. The van der Waals surface area contributed by atoms with Crippen LogP contribution in [0.3, 0.4) is 0 Å². The number of fused-ring (bicyclic) bond motifs is 2.